The zero-order valence-corrected chi connectivity index (χ0v) is 21.7. The summed E-state index contributed by atoms with van der Waals surface area (Å²) in [6, 6.07) is 0.660. The summed E-state index contributed by atoms with van der Waals surface area (Å²) >= 11 is 0. The number of nitrogens with zero attached hydrogens (tertiary/aromatic N) is 4. The third-order valence-corrected chi connectivity index (χ3v) is 7.86. The molecule has 2 unspecified atom stereocenters. The first-order chi connectivity index (χ1) is 16.9. The monoisotopic (exact) mass is 488 g/mol. The van der Waals surface area contributed by atoms with E-state index in [-0.39, 0.29) is 18.2 Å². The Morgan fingerprint density at radius 2 is 2.03 bits per heavy atom. The Kier molecular flexibility index (Phi) is 8.50. The molecule has 7 nitrogen and oxygen atoms in total. The SMILES string of the molecule is CCN(CC)C(=O)CC1C=CC(OCC[C@@H]2C[C@@H]2C2CCN(c3nc(C(C)C)no3)CC2)=CC1F. The van der Waals surface area contributed by atoms with E-state index < -0.39 is 12.1 Å². The molecule has 194 valence electrons. The van der Waals surface area contributed by atoms with E-state index >= 15 is 0 Å². The number of carbonyl (C=O) groups is 1. The summed E-state index contributed by atoms with van der Waals surface area (Å²) in [5.41, 5.74) is 0. The smallest absolute Gasteiger partial charge is 0.324 e. The van der Waals surface area contributed by atoms with Crippen molar-refractivity contribution in [3.05, 3.63) is 29.8 Å². The number of hydrogen-bond donors (Lipinski definition) is 0. The molecule has 4 rings (SSSR count). The number of hydrogen-bond acceptors (Lipinski definition) is 6. The molecule has 0 N–H and O–H groups in total. The zero-order chi connectivity index (χ0) is 24.9. The highest BCUT2D eigenvalue weighted by molar-refractivity contribution is 5.76. The average molecular weight is 489 g/mol. The topological polar surface area (TPSA) is 71.7 Å². The normalized spacial score (nSPS) is 26.7. The van der Waals surface area contributed by atoms with Crippen LogP contribution in [0, 0.1) is 23.7 Å². The Labute approximate surface area is 208 Å². The van der Waals surface area contributed by atoms with Crippen molar-refractivity contribution in [3.8, 4) is 0 Å². The molecule has 8 heteroatoms. The van der Waals surface area contributed by atoms with Gasteiger partial charge >= 0.3 is 6.01 Å². The minimum atomic E-state index is -1.18. The summed E-state index contributed by atoms with van der Waals surface area (Å²) in [5.74, 6) is 3.47. The fourth-order valence-electron chi connectivity index (χ4n) is 5.46. The Balaban J connectivity index is 1.14. The summed E-state index contributed by atoms with van der Waals surface area (Å²) in [6.07, 6.45) is 8.78. The number of anilines is 1. The second-order valence-electron chi connectivity index (χ2n) is 10.5. The predicted molar refractivity (Wildman–Crippen MR) is 134 cm³/mol. The van der Waals surface area contributed by atoms with E-state index in [0.29, 0.717) is 37.4 Å². The first kappa shape index (κ1) is 25.7. The number of alkyl halides is 1. The lowest BCUT2D eigenvalue weighted by atomic mass is 9.90. The molecule has 1 saturated carbocycles. The van der Waals surface area contributed by atoms with Gasteiger partial charge in [-0.25, -0.2) is 4.39 Å². The lowest BCUT2D eigenvalue weighted by molar-refractivity contribution is -0.131. The lowest BCUT2D eigenvalue weighted by Crippen LogP contribution is -2.34. The maximum Gasteiger partial charge on any atom is 0.324 e. The summed E-state index contributed by atoms with van der Waals surface area (Å²) < 4.78 is 26.0. The molecule has 1 amide bonds. The summed E-state index contributed by atoms with van der Waals surface area (Å²) in [5, 5.41) is 4.09. The van der Waals surface area contributed by atoms with E-state index in [9.17, 15) is 9.18 Å². The van der Waals surface area contributed by atoms with Crippen LogP contribution in [-0.4, -0.2) is 59.9 Å². The van der Waals surface area contributed by atoms with Crippen molar-refractivity contribution in [1.82, 2.24) is 15.0 Å². The minimum absolute atomic E-state index is 0.00748. The highest BCUT2D eigenvalue weighted by Crippen LogP contribution is 2.50. The van der Waals surface area contributed by atoms with E-state index in [1.165, 1.54) is 12.5 Å². The van der Waals surface area contributed by atoms with Crippen LogP contribution in [0.25, 0.3) is 0 Å². The highest BCUT2D eigenvalue weighted by Gasteiger charge is 2.43. The van der Waals surface area contributed by atoms with Gasteiger partial charge in [0.25, 0.3) is 0 Å². The third-order valence-electron chi connectivity index (χ3n) is 7.86. The number of allylic oxidation sites excluding steroid dienone is 3. The third kappa shape index (κ3) is 6.44. The van der Waals surface area contributed by atoms with Crippen molar-refractivity contribution in [2.75, 3.05) is 37.7 Å². The van der Waals surface area contributed by atoms with Gasteiger partial charge in [-0.1, -0.05) is 25.1 Å². The molecule has 4 atom stereocenters. The van der Waals surface area contributed by atoms with Crippen LogP contribution >= 0.6 is 0 Å². The molecule has 0 bridgehead atoms. The van der Waals surface area contributed by atoms with Crippen LogP contribution in [0.3, 0.4) is 0 Å². The summed E-state index contributed by atoms with van der Waals surface area (Å²) in [7, 11) is 0. The predicted octanol–water partition coefficient (Wildman–Crippen LogP) is 5.12. The van der Waals surface area contributed by atoms with Crippen molar-refractivity contribution >= 4 is 11.9 Å². The van der Waals surface area contributed by atoms with Gasteiger partial charge in [-0.3, -0.25) is 4.79 Å². The molecule has 2 fully saturated rings. The van der Waals surface area contributed by atoms with Crippen LogP contribution in [0.4, 0.5) is 10.4 Å². The van der Waals surface area contributed by atoms with Crippen molar-refractivity contribution in [2.45, 2.75) is 71.9 Å². The number of amides is 1. The average Bonchev–Trinajstić information content (AvgIpc) is 3.44. The van der Waals surface area contributed by atoms with Gasteiger partial charge < -0.3 is 19.1 Å². The molecule has 1 saturated heterocycles. The van der Waals surface area contributed by atoms with E-state index in [4.69, 9.17) is 9.26 Å². The fourth-order valence-corrected chi connectivity index (χ4v) is 5.46. The number of halogens is 1. The number of piperidine rings is 1. The van der Waals surface area contributed by atoms with Crippen molar-refractivity contribution in [1.29, 1.82) is 0 Å². The standard InChI is InChI=1S/C27H41FN4O3/c1-5-31(6-2)25(33)16-21-7-8-22(17-24(21)28)34-14-11-20-15-23(20)19-9-12-32(13-10-19)27-29-26(18(3)4)30-35-27/h7-8,17-21,23-24H,5-6,9-16H2,1-4H3/t20-,21?,23-,24?/m1/s1. The molecular formula is C27H41FN4O3. The van der Waals surface area contributed by atoms with E-state index in [2.05, 4.69) is 28.9 Å². The molecule has 0 radical (unpaired) electrons. The molecule has 1 aromatic heterocycles. The Morgan fingerprint density at radius 3 is 2.66 bits per heavy atom. The van der Waals surface area contributed by atoms with Crippen molar-refractivity contribution in [2.24, 2.45) is 23.7 Å². The van der Waals surface area contributed by atoms with Gasteiger partial charge in [-0.05, 0) is 69.4 Å². The quantitative estimate of drug-likeness (QED) is 0.431. The highest BCUT2D eigenvalue weighted by atomic mass is 19.1. The van der Waals surface area contributed by atoms with E-state index in [1.807, 2.05) is 19.9 Å². The van der Waals surface area contributed by atoms with Gasteiger partial charge in [0.05, 0.1) is 6.61 Å². The van der Waals surface area contributed by atoms with Crippen LogP contribution < -0.4 is 4.90 Å². The van der Waals surface area contributed by atoms with Crippen LogP contribution in [0.1, 0.15) is 71.5 Å². The molecule has 3 aliphatic rings. The second kappa shape index (κ2) is 11.6. The molecule has 1 aliphatic heterocycles. The fraction of sp³-hybridized carbons (Fsp3) is 0.741. The molecule has 2 heterocycles. The van der Waals surface area contributed by atoms with Crippen molar-refractivity contribution in [3.63, 3.8) is 0 Å². The molecule has 0 spiro atoms. The largest absolute Gasteiger partial charge is 0.494 e. The van der Waals surface area contributed by atoms with Gasteiger partial charge in [0.1, 0.15) is 11.9 Å². The van der Waals surface area contributed by atoms with Crippen LogP contribution in [-0.2, 0) is 9.53 Å². The van der Waals surface area contributed by atoms with Gasteiger partial charge in [0.15, 0.2) is 5.82 Å². The zero-order valence-electron chi connectivity index (χ0n) is 21.7. The van der Waals surface area contributed by atoms with Gasteiger partial charge in [-0.2, -0.15) is 4.98 Å². The second-order valence-corrected chi connectivity index (χ2v) is 10.5. The Morgan fingerprint density at radius 1 is 1.29 bits per heavy atom. The van der Waals surface area contributed by atoms with E-state index in [0.717, 1.165) is 50.0 Å². The van der Waals surface area contributed by atoms with Crippen LogP contribution in [0.5, 0.6) is 0 Å². The van der Waals surface area contributed by atoms with Crippen molar-refractivity contribution < 1.29 is 18.4 Å². The Bertz CT molecular complexity index is 902. The molecule has 35 heavy (non-hydrogen) atoms. The van der Waals surface area contributed by atoms with Gasteiger partial charge in [-0.15, -0.1) is 0 Å². The summed E-state index contributed by atoms with van der Waals surface area (Å²) in [4.78, 5) is 20.8. The first-order valence-corrected chi connectivity index (χ1v) is 13.4. The molecule has 0 aromatic carbocycles. The Hall–Kier alpha value is -2.38. The lowest BCUT2D eigenvalue weighted by Gasteiger charge is -2.30. The number of ether oxygens (including phenoxy) is 1. The summed E-state index contributed by atoms with van der Waals surface area (Å²) in [6.45, 7) is 11.9. The first-order valence-electron chi connectivity index (χ1n) is 13.4. The van der Waals surface area contributed by atoms with Gasteiger partial charge in [0, 0.05) is 44.4 Å². The van der Waals surface area contributed by atoms with Crippen LogP contribution in [0.2, 0.25) is 0 Å². The molecule has 2 aliphatic carbocycles. The molecule has 1 aromatic rings. The minimum Gasteiger partial charge on any atom is -0.494 e. The number of rotatable bonds is 11. The molecular weight excluding hydrogens is 447 g/mol. The number of carbonyl (C=O) groups excluding carboxylic acids is 1. The number of aromatic nitrogens is 2. The van der Waals surface area contributed by atoms with Gasteiger partial charge in [0.2, 0.25) is 5.91 Å². The maximum absolute atomic E-state index is 14.6. The maximum atomic E-state index is 14.6. The van der Waals surface area contributed by atoms with Crippen LogP contribution in [0.15, 0.2) is 28.5 Å². The van der Waals surface area contributed by atoms with E-state index in [1.54, 1.807) is 11.0 Å².